The first-order chi connectivity index (χ1) is 14.0. The van der Waals surface area contributed by atoms with Crippen LogP contribution in [0.2, 0.25) is 5.02 Å². The first-order valence-electron chi connectivity index (χ1n) is 9.37. The van der Waals surface area contributed by atoms with E-state index in [2.05, 4.69) is 9.88 Å². The van der Waals surface area contributed by atoms with E-state index in [1.807, 2.05) is 0 Å². The average Bonchev–Trinajstić information content (AvgIpc) is 3.16. The van der Waals surface area contributed by atoms with E-state index in [9.17, 15) is 13.2 Å². The zero-order valence-corrected chi connectivity index (χ0v) is 17.2. The number of hydrogen-bond donors (Lipinski definition) is 1. The smallest absolute Gasteiger partial charge is 0.276 e. The van der Waals surface area contributed by atoms with Gasteiger partial charge >= 0.3 is 0 Å². The van der Waals surface area contributed by atoms with Gasteiger partial charge in [0, 0.05) is 24.7 Å². The lowest BCUT2D eigenvalue weighted by atomic mass is 10.1. The van der Waals surface area contributed by atoms with Crippen molar-refractivity contribution in [1.29, 1.82) is 0 Å². The predicted octanol–water partition coefficient (Wildman–Crippen LogP) is 3.59. The van der Waals surface area contributed by atoms with Crippen molar-refractivity contribution in [3.8, 4) is 0 Å². The zero-order chi connectivity index (χ0) is 20.4. The zero-order valence-electron chi connectivity index (χ0n) is 15.6. The summed E-state index contributed by atoms with van der Waals surface area (Å²) in [5.41, 5.74) is 1.19. The predicted molar refractivity (Wildman–Crippen MR) is 109 cm³/mol. The topological polar surface area (TPSA) is 92.5 Å². The van der Waals surface area contributed by atoms with Gasteiger partial charge in [-0.05, 0) is 49.1 Å². The van der Waals surface area contributed by atoms with Gasteiger partial charge in [0.1, 0.15) is 0 Å². The number of likely N-dealkylation sites (tertiary alicyclic amines) is 1. The minimum absolute atomic E-state index is 0.0351. The Hall–Kier alpha value is -2.42. The first kappa shape index (κ1) is 19.9. The van der Waals surface area contributed by atoms with Crippen LogP contribution in [0.25, 0.3) is 11.0 Å². The number of carbonyl (C=O) groups excluding carboxylic acids is 1. The van der Waals surface area contributed by atoms with Gasteiger partial charge in [0.2, 0.25) is 10.0 Å². The standard InChI is InChI=1S/C20H20ClN3O4S/c21-17-7-3-2-6-14(17)13-22-29(26,27)15-8-9-18-16(12-15)19(23-28-18)20(25)24-10-4-1-5-11-24/h2-3,6-9,12,22H,1,4-5,10-11,13H2. The van der Waals surface area contributed by atoms with Crippen molar-refractivity contribution in [2.24, 2.45) is 0 Å². The molecule has 4 rings (SSSR count). The Labute approximate surface area is 173 Å². The van der Waals surface area contributed by atoms with Crippen LogP contribution < -0.4 is 4.72 Å². The molecule has 1 saturated heterocycles. The molecule has 7 nitrogen and oxygen atoms in total. The Bertz CT molecular complexity index is 1150. The van der Waals surface area contributed by atoms with Gasteiger partial charge in [-0.25, -0.2) is 13.1 Å². The summed E-state index contributed by atoms with van der Waals surface area (Å²) in [7, 11) is -3.81. The minimum Gasteiger partial charge on any atom is -0.355 e. The van der Waals surface area contributed by atoms with Crippen molar-refractivity contribution >= 4 is 38.5 Å². The number of aromatic nitrogens is 1. The summed E-state index contributed by atoms with van der Waals surface area (Å²) in [5.74, 6) is -0.234. The van der Waals surface area contributed by atoms with Gasteiger partial charge in [-0.1, -0.05) is 35.0 Å². The summed E-state index contributed by atoms with van der Waals surface area (Å²) in [6, 6.07) is 11.4. The quantitative estimate of drug-likeness (QED) is 0.663. The van der Waals surface area contributed by atoms with Crippen LogP contribution >= 0.6 is 11.6 Å². The second-order valence-corrected chi connectivity index (χ2v) is 9.13. The van der Waals surface area contributed by atoms with Crippen molar-refractivity contribution in [3.63, 3.8) is 0 Å². The van der Waals surface area contributed by atoms with E-state index in [4.69, 9.17) is 16.1 Å². The summed E-state index contributed by atoms with van der Waals surface area (Å²) in [6.07, 6.45) is 3.00. The summed E-state index contributed by atoms with van der Waals surface area (Å²) >= 11 is 6.09. The third-order valence-electron chi connectivity index (χ3n) is 5.01. The summed E-state index contributed by atoms with van der Waals surface area (Å²) in [4.78, 5) is 14.6. The number of rotatable bonds is 5. The van der Waals surface area contributed by atoms with E-state index < -0.39 is 10.0 Å². The van der Waals surface area contributed by atoms with Crippen LogP contribution in [0, 0.1) is 0 Å². The summed E-state index contributed by atoms with van der Waals surface area (Å²) in [6.45, 7) is 1.40. The number of piperidine rings is 1. The molecule has 1 aliphatic rings. The fraction of sp³-hybridized carbons (Fsp3) is 0.300. The maximum absolute atomic E-state index is 12.8. The number of nitrogens with one attached hydrogen (secondary N) is 1. The highest BCUT2D eigenvalue weighted by molar-refractivity contribution is 7.89. The summed E-state index contributed by atoms with van der Waals surface area (Å²) < 4.78 is 33.3. The van der Waals surface area contributed by atoms with Gasteiger partial charge in [0.25, 0.3) is 5.91 Å². The monoisotopic (exact) mass is 433 g/mol. The van der Waals surface area contributed by atoms with Gasteiger partial charge in [-0.15, -0.1) is 0 Å². The maximum Gasteiger partial charge on any atom is 0.276 e. The Balaban J connectivity index is 1.60. The molecule has 1 N–H and O–H groups in total. The molecule has 1 aliphatic heterocycles. The second-order valence-electron chi connectivity index (χ2n) is 6.96. The Morgan fingerprint density at radius 2 is 1.90 bits per heavy atom. The number of hydrogen-bond acceptors (Lipinski definition) is 5. The van der Waals surface area contributed by atoms with Gasteiger partial charge < -0.3 is 9.42 Å². The molecule has 29 heavy (non-hydrogen) atoms. The number of nitrogens with zero attached hydrogens (tertiary/aromatic N) is 2. The lowest BCUT2D eigenvalue weighted by Gasteiger charge is -2.25. The lowest BCUT2D eigenvalue weighted by Crippen LogP contribution is -2.35. The molecule has 0 bridgehead atoms. The number of sulfonamides is 1. The van der Waals surface area contributed by atoms with Crippen LogP contribution in [0.4, 0.5) is 0 Å². The molecule has 0 saturated carbocycles. The van der Waals surface area contributed by atoms with Gasteiger partial charge in [-0.2, -0.15) is 0 Å². The molecule has 0 spiro atoms. The molecule has 1 fully saturated rings. The molecule has 2 aromatic carbocycles. The van der Waals surface area contributed by atoms with E-state index >= 15 is 0 Å². The molecule has 9 heteroatoms. The minimum atomic E-state index is -3.81. The molecular formula is C20H20ClN3O4S. The van der Waals surface area contributed by atoms with E-state index in [1.165, 1.54) is 18.2 Å². The van der Waals surface area contributed by atoms with Crippen LogP contribution in [0.15, 0.2) is 51.9 Å². The normalized spacial score (nSPS) is 15.0. The fourth-order valence-corrected chi connectivity index (χ4v) is 4.62. The Morgan fingerprint density at radius 3 is 2.66 bits per heavy atom. The Kier molecular flexibility index (Phi) is 5.58. The number of carbonyl (C=O) groups is 1. The molecular weight excluding hydrogens is 414 g/mol. The molecule has 1 amide bonds. The molecule has 3 aromatic rings. The Morgan fingerprint density at radius 1 is 1.14 bits per heavy atom. The van der Waals surface area contributed by atoms with Crippen LogP contribution in [0.1, 0.15) is 35.3 Å². The third-order valence-corrected chi connectivity index (χ3v) is 6.78. The number of benzene rings is 2. The number of halogens is 1. The van der Waals surface area contributed by atoms with E-state index in [1.54, 1.807) is 29.2 Å². The molecule has 0 unspecified atom stereocenters. The molecule has 0 aliphatic carbocycles. The van der Waals surface area contributed by atoms with Crippen LogP contribution in [-0.2, 0) is 16.6 Å². The number of fused-ring (bicyclic) bond motifs is 1. The van der Waals surface area contributed by atoms with E-state index in [-0.39, 0.29) is 23.0 Å². The average molecular weight is 434 g/mol. The maximum atomic E-state index is 12.8. The molecule has 0 radical (unpaired) electrons. The molecule has 1 aromatic heterocycles. The van der Waals surface area contributed by atoms with Crippen molar-refractivity contribution in [3.05, 3.63) is 58.7 Å². The fourth-order valence-electron chi connectivity index (χ4n) is 3.38. The van der Waals surface area contributed by atoms with Crippen molar-refractivity contribution in [2.45, 2.75) is 30.7 Å². The van der Waals surface area contributed by atoms with E-state index in [0.717, 1.165) is 19.3 Å². The van der Waals surface area contributed by atoms with Gasteiger partial charge in [-0.3, -0.25) is 4.79 Å². The largest absolute Gasteiger partial charge is 0.355 e. The summed E-state index contributed by atoms with van der Waals surface area (Å²) in [5, 5.41) is 4.78. The van der Waals surface area contributed by atoms with E-state index in [0.29, 0.717) is 34.6 Å². The second kappa shape index (κ2) is 8.14. The van der Waals surface area contributed by atoms with Crippen LogP contribution in [-0.4, -0.2) is 37.5 Å². The molecule has 0 atom stereocenters. The van der Waals surface area contributed by atoms with Crippen LogP contribution in [0.5, 0.6) is 0 Å². The SMILES string of the molecule is O=C(c1noc2ccc(S(=O)(=O)NCc3ccccc3Cl)cc12)N1CCCCC1. The van der Waals surface area contributed by atoms with Crippen molar-refractivity contribution in [2.75, 3.05) is 13.1 Å². The molecule has 2 heterocycles. The number of amides is 1. The first-order valence-corrected chi connectivity index (χ1v) is 11.2. The van der Waals surface area contributed by atoms with Crippen molar-refractivity contribution < 1.29 is 17.7 Å². The lowest BCUT2D eigenvalue weighted by molar-refractivity contribution is 0.0716. The van der Waals surface area contributed by atoms with Crippen LogP contribution in [0.3, 0.4) is 0 Å². The van der Waals surface area contributed by atoms with Crippen molar-refractivity contribution in [1.82, 2.24) is 14.8 Å². The third kappa shape index (κ3) is 4.14. The highest BCUT2D eigenvalue weighted by atomic mass is 35.5. The molecule has 152 valence electrons. The van der Waals surface area contributed by atoms with Gasteiger partial charge in [0.15, 0.2) is 11.3 Å². The van der Waals surface area contributed by atoms with Gasteiger partial charge in [0.05, 0.1) is 10.3 Å². The highest BCUT2D eigenvalue weighted by Crippen LogP contribution is 2.25. The highest BCUT2D eigenvalue weighted by Gasteiger charge is 2.25.